The van der Waals surface area contributed by atoms with Crippen molar-refractivity contribution >= 4 is 43.9 Å². The zero-order chi connectivity index (χ0) is 23.7. The van der Waals surface area contributed by atoms with Crippen LogP contribution in [0, 0.1) is 6.92 Å². The number of rotatable bonds is 5. The van der Waals surface area contributed by atoms with Crippen LogP contribution in [-0.4, -0.2) is 36.7 Å². The highest BCUT2D eigenvalue weighted by Crippen LogP contribution is 2.30. The Balaban J connectivity index is 1.51. The van der Waals surface area contributed by atoms with E-state index in [2.05, 4.69) is 5.32 Å². The van der Waals surface area contributed by atoms with E-state index in [0.29, 0.717) is 24.3 Å². The zero-order valence-electron chi connectivity index (χ0n) is 18.8. The summed E-state index contributed by atoms with van der Waals surface area (Å²) in [5.41, 5.74) is 3.25. The molecule has 5 rings (SSSR count). The summed E-state index contributed by atoms with van der Waals surface area (Å²) in [6.45, 7) is 2.92. The fourth-order valence-electron chi connectivity index (χ4n) is 4.25. The molecule has 8 heteroatoms. The van der Waals surface area contributed by atoms with Crippen LogP contribution < -0.4 is 5.32 Å². The van der Waals surface area contributed by atoms with Crippen LogP contribution in [0.4, 0.5) is 5.69 Å². The number of aromatic nitrogens is 1. The van der Waals surface area contributed by atoms with Crippen LogP contribution in [0.15, 0.2) is 70.9 Å². The molecular weight excluding hydrogens is 466 g/mol. The van der Waals surface area contributed by atoms with Gasteiger partial charge in [0.25, 0.3) is 5.91 Å². The van der Waals surface area contributed by atoms with E-state index in [1.165, 1.54) is 4.31 Å². The number of para-hydroxylation sites is 1. The SMILES string of the molecule is Cc1ccc(S(=O)(=O)N2CCCCC2)cc1NC(=O)c1cc(-c2cccs2)nc2ccccc12. The van der Waals surface area contributed by atoms with Crippen LogP contribution in [0.1, 0.15) is 35.2 Å². The number of anilines is 1. The molecule has 0 aliphatic carbocycles. The van der Waals surface area contributed by atoms with Gasteiger partial charge < -0.3 is 5.32 Å². The zero-order valence-corrected chi connectivity index (χ0v) is 20.5. The molecule has 2 aromatic carbocycles. The molecule has 0 radical (unpaired) electrons. The molecule has 0 bridgehead atoms. The lowest BCUT2D eigenvalue weighted by Crippen LogP contribution is -2.35. The van der Waals surface area contributed by atoms with Gasteiger partial charge in [-0.2, -0.15) is 4.31 Å². The van der Waals surface area contributed by atoms with Gasteiger partial charge in [-0.05, 0) is 61.0 Å². The first-order valence-corrected chi connectivity index (χ1v) is 13.6. The van der Waals surface area contributed by atoms with E-state index in [1.807, 2.05) is 48.7 Å². The second-order valence-corrected chi connectivity index (χ2v) is 11.3. The second-order valence-electron chi connectivity index (χ2n) is 8.45. The topological polar surface area (TPSA) is 79.4 Å². The van der Waals surface area contributed by atoms with Gasteiger partial charge >= 0.3 is 0 Å². The Hall–Kier alpha value is -3.07. The first-order valence-electron chi connectivity index (χ1n) is 11.3. The van der Waals surface area contributed by atoms with Gasteiger partial charge in [-0.25, -0.2) is 13.4 Å². The molecule has 2 aromatic heterocycles. The van der Waals surface area contributed by atoms with E-state index in [9.17, 15) is 13.2 Å². The Kier molecular flexibility index (Phi) is 6.20. The summed E-state index contributed by atoms with van der Waals surface area (Å²) in [7, 11) is -3.60. The van der Waals surface area contributed by atoms with Gasteiger partial charge in [-0.1, -0.05) is 36.8 Å². The number of fused-ring (bicyclic) bond motifs is 1. The number of nitrogens with one attached hydrogen (secondary N) is 1. The van der Waals surface area contributed by atoms with Crippen molar-refractivity contribution < 1.29 is 13.2 Å². The number of hydrogen-bond donors (Lipinski definition) is 1. The van der Waals surface area contributed by atoms with E-state index in [-0.39, 0.29) is 10.8 Å². The average molecular weight is 492 g/mol. The molecule has 4 aromatic rings. The second kappa shape index (κ2) is 9.29. The molecule has 0 atom stereocenters. The molecule has 3 heterocycles. The average Bonchev–Trinajstić information content (AvgIpc) is 3.40. The van der Waals surface area contributed by atoms with Crippen LogP contribution in [0.2, 0.25) is 0 Å². The normalized spacial score (nSPS) is 14.9. The maximum absolute atomic E-state index is 13.5. The summed E-state index contributed by atoms with van der Waals surface area (Å²) < 4.78 is 27.9. The molecule has 1 amide bonds. The number of nitrogens with zero attached hydrogens (tertiary/aromatic N) is 2. The number of carbonyl (C=O) groups excluding carboxylic acids is 1. The van der Waals surface area contributed by atoms with Crippen molar-refractivity contribution in [2.24, 2.45) is 0 Å². The Morgan fingerprint density at radius 1 is 1.00 bits per heavy atom. The third-order valence-corrected chi connectivity index (χ3v) is 8.93. The van der Waals surface area contributed by atoms with E-state index in [0.717, 1.165) is 46.3 Å². The molecule has 1 aliphatic heterocycles. The lowest BCUT2D eigenvalue weighted by molar-refractivity contribution is 0.102. The Morgan fingerprint density at radius 2 is 1.79 bits per heavy atom. The van der Waals surface area contributed by atoms with Gasteiger partial charge in [0, 0.05) is 24.2 Å². The highest BCUT2D eigenvalue weighted by molar-refractivity contribution is 7.89. The molecule has 6 nitrogen and oxygen atoms in total. The Labute approximate surface area is 203 Å². The fraction of sp³-hybridized carbons (Fsp3) is 0.231. The largest absolute Gasteiger partial charge is 0.322 e. The quantitative estimate of drug-likeness (QED) is 0.388. The number of benzene rings is 2. The van der Waals surface area contributed by atoms with E-state index in [4.69, 9.17) is 4.98 Å². The summed E-state index contributed by atoms with van der Waals surface area (Å²) >= 11 is 1.56. The summed E-state index contributed by atoms with van der Waals surface area (Å²) in [5.74, 6) is -0.299. The number of amides is 1. The van der Waals surface area contributed by atoms with E-state index >= 15 is 0 Å². The third-order valence-electron chi connectivity index (χ3n) is 6.14. The van der Waals surface area contributed by atoms with Crippen LogP contribution in [0.3, 0.4) is 0 Å². The van der Waals surface area contributed by atoms with Gasteiger partial charge in [0.05, 0.1) is 26.5 Å². The summed E-state index contributed by atoms with van der Waals surface area (Å²) in [5, 5.41) is 5.68. The minimum atomic E-state index is -3.60. The van der Waals surface area contributed by atoms with Crippen molar-refractivity contribution in [2.75, 3.05) is 18.4 Å². The fourth-order valence-corrected chi connectivity index (χ4v) is 6.48. The van der Waals surface area contributed by atoms with Gasteiger partial charge in [0.2, 0.25) is 10.0 Å². The van der Waals surface area contributed by atoms with Gasteiger partial charge in [-0.3, -0.25) is 4.79 Å². The molecule has 0 saturated carbocycles. The maximum Gasteiger partial charge on any atom is 0.256 e. The number of aryl methyl sites for hydroxylation is 1. The molecule has 0 unspecified atom stereocenters. The van der Waals surface area contributed by atoms with Crippen molar-refractivity contribution in [3.05, 3.63) is 77.2 Å². The number of pyridine rings is 1. The van der Waals surface area contributed by atoms with Crippen LogP contribution in [-0.2, 0) is 10.0 Å². The highest BCUT2D eigenvalue weighted by atomic mass is 32.2. The maximum atomic E-state index is 13.5. The smallest absolute Gasteiger partial charge is 0.256 e. The van der Waals surface area contributed by atoms with Crippen molar-refractivity contribution in [1.82, 2.24) is 9.29 Å². The van der Waals surface area contributed by atoms with Crippen LogP contribution in [0.5, 0.6) is 0 Å². The molecule has 1 aliphatic rings. The predicted molar refractivity (Wildman–Crippen MR) is 137 cm³/mol. The predicted octanol–water partition coefficient (Wildman–Crippen LogP) is 5.70. The highest BCUT2D eigenvalue weighted by Gasteiger charge is 2.26. The molecule has 174 valence electrons. The number of sulfonamides is 1. The summed E-state index contributed by atoms with van der Waals surface area (Å²) in [6.07, 6.45) is 2.79. The molecule has 34 heavy (non-hydrogen) atoms. The van der Waals surface area contributed by atoms with Gasteiger partial charge in [0.15, 0.2) is 0 Å². The van der Waals surface area contributed by atoms with Crippen molar-refractivity contribution in [3.8, 4) is 10.6 Å². The first kappa shape index (κ1) is 22.7. The third kappa shape index (κ3) is 4.36. The summed E-state index contributed by atoms with van der Waals surface area (Å²) in [4.78, 5) is 19.4. The van der Waals surface area contributed by atoms with Crippen molar-refractivity contribution in [1.29, 1.82) is 0 Å². The molecule has 1 N–H and O–H groups in total. The first-order chi connectivity index (χ1) is 16.4. The monoisotopic (exact) mass is 491 g/mol. The molecular formula is C26H25N3O3S2. The summed E-state index contributed by atoms with van der Waals surface area (Å²) in [6, 6.07) is 18.2. The molecule has 1 fully saturated rings. The lowest BCUT2D eigenvalue weighted by Gasteiger charge is -2.26. The Morgan fingerprint density at radius 3 is 2.56 bits per heavy atom. The Bertz CT molecular complexity index is 1460. The van der Waals surface area contributed by atoms with Gasteiger partial charge in [-0.15, -0.1) is 11.3 Å². The van der Waals surface area contributed by atoms with Crippen LogP contribution >= 0.6 is 11.3 Å². The van der Waals surface area contributed by atoms with Crippen LogP contribution in [0.25, 0.3) is 21.5 Å². The lowest BCUT2D eigenvalue weighted by atomic mass is 10.1. The van der Waals surface area contributed by atoms with Crippen molar-refractivity contribution in [2.45, 2.75) is 31.1 Å². The number of carbonyl (C=O) groups is 1. The van der Waals surface area contributed by atoms with E-state index < -0.39 is 10.0 Å². The molecule has 1 saturated heterocycles. The molecule has 0 spiro atoms. The number of thiophene rings is 1. The van der Waals surface area contributed by atoms with Crippen molar-refractivity contribution in [3.63, 3.8) is 0 Å². The number of hydrogen-bond acceptors (Lipinski definition) is 5. The number of piperidine rings is 1. The minimum absolute atomic E-state index is 0.203. The minimum Gasteiger partial charge on any atom is -0.322 e. The van der Waals surface area contributed by atoms with E-state index in [1.54, 1.807) is 35.6 Å². The van der Waals surface area contributed by atoms with Gasteiger partial charge in [0.1, 0.15) is 0 Å². The standard InChI is InChI=1S/C26H25N3O3S2/c1-18-11-12-19(34(31,32)29-13-5-2-6-14-29)16-23(18)28-26(30)21-17-24(25-10-7-15-33-25)27-22-9-4-3-8-20(21)22/h3-4,7-12,15-17H,2,5-6,13-14H2,1H3,(H,28,30).